The molecule has 0 fully saturated rings. The predicted molar refractivity (Wildman–Crippen MR) is 77.3 cm³/mol. The lowest BCUT2D eigenvalue weighted by Crippen LogP contribution is -2.37. The summed E-state index contributed by atoms with van der Waals surface area (Å²) in [6.07, 6.45) is -5.18. The van der Waals surface area contributed by atoms with Gasteiger partial charge in [-0.3, -0.25) is 14.3 Å². The van der Waals surface area contributed by atoms with Crippen LogP contribution >= 0.6 is 0 Å². The molecule has 0 bridgehead atoms. The molecule has 0 aliphatic carbocycles. The Morgan fingerprint density at radius 2 is 1.96 bits per heavy atom. The number of aromatic nitrogens is 4. The largest absolute Gasteiger partial charge is 0.465 e. The van der Waals surface area contributed by atoms with Gasteiger partial charge in [-0.05, 0) is 19.4 Å². The maximum atomic E-state index is 12.9. The number of nitrogens with zero attached hydrogens (tertiary/aromatic N) is 5. The zero-order chi connectivity index (χ0) is 17.8. The molecular formula is C14H16F3N5O2. The van der Waals surface area contributed by atoms with Crippen LogP contribution in [0.25, 0.3) is 11.4 Å². The molecule has 7 nitrogen and oxygen atoms in total. The van der Waals surface area contributed by atoms with E-state index >= 15 is 0 Å². The Labute approximate surface area is 135 Å². The van der Waals surface area contributed by atoms with Crippen molar-refractivity contribution < 1.29 is 23.1 Å². The van der Waals surface area contributed by atoms with Crippen LogP contribution in [0.4, 0.5) is 18.0 Å². The fraction of sp³-hybridized carbons (Fsp3) is 0.500. The van der Waals surface area contributed by atoms with Crippen molar-refractivity contribution >= 4 is 6.09 Å². The second kappa shape index (κ2) is 5.25. The molecule has 1 N–H and O–H groups in total. The smallest absolute Gasteiger partial charge is 0.435 e. The SMILES string of the molecule is C[C@H]1c2nn(C)c(-c3cc(C(F)(F)F)nn3C)c2CCN1C(=O)O. The minimum absolute atomic E-state index is 0.270. The van der Waals surface area contributed by atoms with E-state index in [1.54, 1.807) is 14.0 Å². The van der Waals surface area contributed by atoms with Crippen molar-refractivity contribution in [2.24, 2.45) is 14.1 Å². The second-order valence-electron chi connectivity index (χ2n) is 5.77. The first-order chi connectivity index (χ1) is 11.1. The molecule has 0 radical (unpaired) electrons. The Bertz CT molecular complexity index is 808. The molecule has 0 unspecified atom stereocenters. The van der Waals surface area contributed by atoms with Gasteiger partial charge in [0.15, 0.2) is 5.69 Å². The Hall–Kier alpha value is -2.52. The highest BCUT2D eigenvalue weighted by molar-refractivity contribution is 5.68. The summed E-state index contributed by atoms with van der Waals surface area (Å²) in [6, 6.07) is 0.535. The van der Waals surface area contributed by atoms with E-state index in [0.717, 1.165) is 11.6 Å². The van der Waals surface area contributed by atoms with E-state index in [9.17, 15) is 23.1 Å². The summed E-state index contributed by atoms with van der Waals surface area (Å²) >= 11 is 0. The highest BCUT2D eigenvalue weighted by Gasteiger charge is 2.37. The number of aryl methyl sites for hydroxylation is 2. The lowest BCUT2D eigenvalue weighted by Gasteiger charge is -2.30. The van der Waals surface area contributed by atoms with Crippen molar-refractivity contribution in [1.29, 1.82) is 0 Å². The van der Waals surface area contributed by atoms with Gasteiger partial charge in [0.1, 0.15) is 0 Å². The average molecular weight is 343 g/mol. The van der Waals surface area contributed by atoms with Crippen LogP contribution in [-0.4, -0.2) is 42.2 Å². The number of halogens is 3. The van der Waals surface area contributed by atoms with Gasteiger partial charge in [0, 0.05) is 26.2 Å². The molecule has 1 amide bonds. The summed E-state index contributed by atoms with van der Waals surface area (Å²) in [5, 5.41) is 17.1. The van der Waals surface area contributed by atoms with Gasteiger partial charge in [-0.1, -0.05) is 0 Å². The van der Waals surface area contributed by atoms with Gasteiger partial charge in [-0.2, -0.15) is 23.4 Å². The number of alkyl halides is 3. The monoisotopic (exact) mass is 343 g/mol. The zero-order valence-corrected chi connectivity index (χ0v) is 13.3. The van der Waals surface area contributed by atoms with Crippen LogP contribution in [-0.2, 0) is 26.7 Å². The van der Waals surface area contributed by atoms with E-state index in [-0.39, 0.29) is 6.54 Å². The highest BCUT2D eigenvalue weighted by atomic mass is 19.4. The lowest BCUT2D eigenvalue weighted by molar-refractivity contribution is -0.141. The van der Waals surface area contributed by atoms with Gasteiger partial charge >= 0.3 is 12.3 Å². The second-order valence-corrected chi connectivity index (χ2v) is 5.77. The van der Waals surface area contributed by atoms with Crippen molar-refractivity contribution in [1.82, 2.24) is 24.5 Å². The molecular weight excluding hydrogens is 327 g/mol. The molecule has 0 spiro atoms. The third-order valence-corrected chi connectivity index (χ3v) is 4.30. The summed E-state index contributed by atoms with van der Waals surface area (Å²) in [5.74, 6) is 0. The maximum Gasteiger partial charge on any atom is 0.435 e. The first-order valence-electron chi connectivity index (χ1n) is 7.28. The highest BCUT2D eigenvalue weighted by Crippen LogP contribution is 2.37. The number of rotatable bonds is 1. The van der Waals surface area contributed by atoms with Gasteiger partial charge in [0.2, 0.25) is 0 Å². The number of amides is 1. The Balaban J connectivity index is 2.11. The zero-order valence-electron chi connectivity index (χ0n) is 13.3. The van der Waals surface area contributed by atoms with E-state index in [1.165, 1.54) is 21.3 Å². The lowest BCUT2D eigenvalue weighted by atomic mass is 9.97. The van der Waals surface area contributed by atoms with Crippen molar-refractivity contribution in [3.8, 4) is 11.4 Å². The fourth-order valence-corrected chi connectivity index (χ4v) is 3.15. The van der Waals surface area contributed by atoms with Crippen LogP contribution < -0.4 is 0 Å². The number of fused-ring (bicyclic) bond motifs is 1. The number of carboxylic acid groups (broad SMARTS) is 1. The van der Waals surface area contributed by atoms with Crippen molar-refractivity contribution in [3.05, 3.63) is 23.0 Å². The van der Waals surface area contributed by atoms with E-state index in [0.29, 0.717) is 23.5 Å². The third kappa shape index (κ3) is 2.42. The third-order valence-electron chi connectivity index (χ3n) is 4.30. The van der Waals surface area contributed by atoms with Crippen LogP contribution in [0, 0.1) is 0 Å². The molecule has 10 heteroatoms. The minimum atomic E-state index is -4.53. The van der Waals surface area contributed by atoms with Crippen LogP contribution in [0.5, 0.6) is 0 Å². The summed E-state index contributed by atoms with van der Waals surface area (Å²) in [6.45, 7) is 1.99. The van der Waals surface area contributed by atoms with Crippen LogP contribution in [0.2, 0.25) is 0 Å². The molecule has 130 valence electrons. The van der Waals surface area contributed by atoms with Crippen molar-refractivity contribution in [3.63, 3.8) is 0 Å². The van der Waals surface area contributed by atoms with Gasteiger partial charge in [0.05, 0.1) is 23.1 Å². The molecule has 0 saturated heterocycles. The number of carbonyl (C=O) groups is 1. The quantitative estimate of drug-likeness (QED) is 0.863. The van der Waals surface area contributed by atoms with E-state index in [1.807, 2.05) is 0 Å². The van der Waals surface area contributed by atoms with Crippen molar-refractivity contribution in [2.75, 3.05) is 6.54 Å². The van der Waals surface area contributed by atoms with Gasteiger partial charge < -0.3 is 5.11 Å². The van der Waals surface area contributed by atoms with Crippen molar-refractivity contribution in [2.45, 2.75) is 25.6 Å². The van der Waals surface area contributed by atoms with Crippen LogP contribution in [0.15, 0.2) is 6.07 Å². The average Bonchev–Trinajstić information content (AvgIpc) is 2.99. The van der Waals surface area contributed by atoms with E-state index in [2.05, 4.69) is 10.2 Å². The van der Waals surface area contributed by atoms with Gasteiger partial charge in [-0.15, -0.1) is 0 Å². The van der Waals surface area contributed by atoms with Gasteiger partial charge in [-0.25, -0.2) is 4.79 Å². The summed E-state index contributed by atoms with van der Waals surface area (Å²) < 4.78 is 41.3. The van der Waals surface area contributed by atoms with E-state index < -0.39 is 24.0 Å². The molecule has 2 aromatic heterocycles. The fourth-order valence-electron chi connectivity index (χ4n) is 3.15. The van der Waals surface area contributed by atoms with Gasteiger partial charge in [0.25, 0.3) is 0 Å². The van der Waals surface area contributed by atoms with E-state index in [4.69, 9.17) is 0 Å². The molecule has 3 heterocycles. The molecule has 1 aliphatic heterocycles. The molecule has 0 saturated carbocycles. The molecule has 1 aliphatic rings. The molecule has 2 aromatic rings. The first kappa shape index (κ1) is 16.3. The minimum Gasteiger partial charge on any atom is -0.465 e. The molecule has 1 atom stereocenters. The Kier molecular flexibility index (Phi) is 3.57. The Morgan fingerprint density at radius 3 is 2.50 bits per heavy atom. The molecule has 0 aromatic carbocycles. The number of hydrogen-bond donors (Lipinski definition) is 1. The first-order valence-corrected chi connectivity index (χ1v) is 7.28. The molecule has 24 heavy (non-hydrogen) atoms. The Morgan fingerprint density at radius 1 is 1.29 bits per heavy atom. The topological polar surface area (TPSA) is 76.2 Å². The van der Waals surface area contributed by atoms with Crippen LogP contribution in [0.3, 0.4) is 0 Å². The number of hydrogen-bond acceptors (Lipinski definition) is 3. The normalized spacial score (nSPS) is 17.9. The van der Waals surface area contributed by atoms with Crippen LogP contribution in [0.1, 0.15) is 29.9 Å². The maximum absolute atomic E-state index is 12.9. The summed E-state index contributed by atoms with van der Waals surface area (Å²) in [5.41, 5.74) is 1.20. The summed E-state index contributed by atoms with van der Waals surface area (Å²) in [7, 11) is 3.07. The molecule has 3 rings (SSSR count). The standard InChI is InChI=1S/C14H16F3N5O2/c1-7-11-8(4-5-22(7)13(23)24)12(21(3)19-11)9-6-10(14(15,16)17)18-20(9)2/h6-7H,4-5H2,1-3H3,(H,23,24)/t7-/m0/s1. The summed E-state index contributed by atoms with van der Waals surface area (Å²) in [4.78, 5) is 12.5. The predicted octanol–water partition coefficient (Wildman–Crippen LogP) is 2.44.